The Morgan fingerprint density at radius 3 is 2.72 bits per heavy atom. The van der Waals surface area contributed by atoms with Crippen molar-refractivity contribution in [2.24, 2.45) is 5.92 Å². The van der Waals surface area contributed by atoms with Crippen LogP contribution in [0.5, 0.6) is 0 Å². The van der Waals surface area contributed by atoms with E-state index in [1.165, 1.54) is 11.4 Å². The molecule has 2 aromatic rings. The van der Waals surface area contributed by atoms with Crippen LogP contribution < -0.4 is 0 Å². The Morgan fingerprint density at radius 2 is 2.08 bits per heavy atom. The Morgan fingerprint density at radius 1 is 1.32 bits per heavy atom. The minimum absolute atomic E-state index is 0.115. The van der Waals surface area contributed by atoms with Gasteiger partial charge in [0.25, 0.3) is 0 Å². The van der Waals surface area contributed by atoms with Crippen molar-refractivity contribution in [1.29, 1.82) is 0 Å². The zero-order chi connectivity index (χ0) is 18.2. The lowest BCUT2D eigenvalue weighted by atomic mass is 10.00. The normalized spacial score (nSPS) is 18.4. The van der Waals surface area contributed by atoms with Gasteiger partial charge in [0.2, 0.25) is 10.0 Å². The van der Waals surface area contributed by atoms with Gasteiger partial charge in [0.15, 0.2) is 0 Å². The van der Waals surface area contributed by atoms with Crippen molar-refractivity contribution in [2.45, 2.75) is 30.5 Å². The first-order valence-electron chi connectivity index (χ1n) is 7.67. The van der Waals surface area contributed by atoms with Crippen molar-refractivity contribution in [2.75, 3.05) is 13.6 Å². The molecule has 3 rings (SSSR count). The first kappa shape index (κ1) is 17.9. The lowest BCUT2D eigenvalue weighted by Gasteiger charge is -2.27. The average molecular weight is 374 g/mol. The maximum atomic E-state index is 12.5. The number of pyridine rings is 1. The summed E-state index contributed by atoms with van der Waals surface area (Å²) in [6, 6.07) is 1.62. The number of fused-ring (bicyclic) bond motifs is 1. The molecule has 0 radical (unpaired) electrons. The number of alkyl halides is 3. The van der Waals surface area contributed by atoms with Gasteiger partial charge in [0.05, 0.1) is 0 Å². The van der Waals surface area contributed by atoms with E-state index in [0.29, 0.717) is 12.6 Å². The van der Waals surface area contributed by atoms with E-state index in [2.05, 4.69) is 9.97 Å². The Bertz CT molecular complexity index is 846. The Hall–Kier alpha value is -1.94. The molecule has 10 heteroatoms. The summed E-state index contributed by atoms with van der Waals surface area (Å²) in [7, 11) is -2.46. The van der Waals surface area contributed by atoms with Crippen LogP contribution in [0.1, 0.15) is 17.9 Å². The second kappa shape index (κ2) is 6.41. The molecule has 0 bridgehead atoms. The Kier molecular flexibility index (Phi) is 4.58. The van der Waals surface area contributed by atoms with Crippen molar-refractivity contribution in [3.63, 3.8) is 0 Å². The fourth-order valence-electron chi connectivity index (χ4n) is 2.93. The van der Waals surface area contributed by atoms with E-state index in [0.717, 1.165) is 30.9 Å². The highest BCUT2D eigenvalue weighted by molar-refractivity contribution is 7.89. The summed E-state index contributed by atoms with van der Waals surface area (Å²) >= 11 is 0. The number of halogens is 3. The predicted molar refractivity (Wildman–Crippen MR) is 83.1 cm³/mol. The maximum absolute atomic E-state index is 12.5. The standard InChI is InChI=1S/C15H17F3N4O2S/c1-21(9-11-2-5-14-19-6-7-22(14)10-11)25(23,24)12-3-4-13(20-8-12)15(16,17)18/h3-4,6-8,11H,2,5,9-10H2,1H3. The van der Waals surface area contributed by atoms with Gasteiger partial charge in [-0.15, -0.1) is 0 Å². The first-order valence-corrected chi connectivity index (χ1v) is 9.11. The highest BCUT2D eigenvalue weighted by Crippen LogP contribution is 2.28. The molecule has 0 amide bonds. The highest BCUT2D eigenvalue weighted by atomic mass is 32.2. The predicted octanol–water partition coefficient (Wildman–Crippen LogP) is 2.18. The van der Waals surface area contributed by atoms with E-state index < -0.39 is 21.9 Å². The molecule has 1 atom stereocenters. The monoisotopic (exact) mass is 374 g/mol. The highest BCUT2D eigenvalue weighted by Gasteiger charge is 2.33. The molecular weight excluding hydrogens is 357 g/mol. The SMILES string of the molecule is CN(CC1CCc2nccn2C1)S(=O)(=O)c1ccc(C(F)(F)F)nc1. The van der Waals surface area contributed by atoms with Gasteiger partial charge in [-0.3, -0.25) is 4.98 Å². The second-order valence-electron chi connectivity index (χ2n) is 6.06. The fourth-order valence-corrected chi connectivity index (χ4v) is 4.12. The summed E-state index contributed by atoms with van der Waals surface area (Å²) in [5.74, 6) is 1.09. The summed E-state index contributed by atoms with van der Waals surface area (Å²) in [5, 5.41) is 0. The molecule has 0 N–H and O–H groups in total. The molecule has 0 saturated heterocycles. The summed E-state index contributed by atoms with van der Waals surface area (Å²) in [4.78, 5) is 7.20. The maximum Gasteiger partial charge on any atom is 0.433 e. The van der Waals surface area contributed by atoms with Gasteiger partial charge >= 0.3 is 6.18 Å². The van der Waals surface area contributed by atoms with Crippen LogP contribution in [0.25, 0.3) is 0 Å². The first-order chi connectivity index (χ1) is 11.7. The molecule has 136 valence electrons. The molecule has 0 spiro atoms. The molecule has 1 unspecified atom stereocenters. The van der Waals surface area contributed by atoms with Crippen molar-refractivity contribution in [3.8, 4) is 0 Å². The van der Waals surface area contributed by atoms with Gasteiger partial charge in [0, 0.05) is 45.1 Å². The van der Waals surface area contributed by atoms with Crippen molar-refractivity contribution < 1.29 is 21.6 Å². The van der Waals surface area contributed by atoms with Crippen LogP contribution >= 0.6 is 0 Å². The molecule has 25 heavy (non-hydrogen) atoms. The van der Waals surface area contributed by atoms with E-state index in [1.54, 1.807) is 6.20 Å². The number of imidazole rings is 1. The largest absolute Gasteiger partial charge is 0.433 e. The molecule has 0 aromatic carbocycles. The third kappa shape index (κ3) is 3.69. The molecule has 6 nitrogen and oxygen atoms in total. The summed E-state index contributed by atoms with van der Waals surface area (Å²) < 4.78 is 65.9. The smallest absolute Gasteiger partial charge is 0.335 e. The van der Waals surface area contributed by atoms with Crippen molar-refractivity contribution >= 4 is 10.0 Å². The Balaban J connectivity index is 1.71. The zero-order valence-corrected chi connectivity index (χ0v) is 14.3. The van der Waals surface area contributed by atoms with E-state index in [-0.39, 0.29) is 17.4 Å². The molecule has 2 aromatic heterocycles. The molecule has 0 saturated carbocycles. The molecular formula is C15H17F3N4O2S. The minimum atomic E-state index is -4.60. The molecule has 3 heterocycles. The summed E-state index contributed by atoms with van der Waals surface area (Å²) in [6.45, 7) is 0.946. The van der Waals surface area contributed by atoms with Crippen molar-refractivity contribution in [3.05, 3.63) is 42.2 Å². The molecule has 0 fully saturated rings. The van der Waals surface area contributed by atoms with E-state index in [1.807, 2.05) is 10.8 Å². The Labute approximate surface area is 143 Å². The van der Waals surface area contributed by atoms with E-state index in [9.17, 15) is 21.6 Å². The van der Waals surface area contributed by atoms with Crippen LogP contribution in [-0.4, -0.2) is 40.9 Å². The van der Waals surface area contributed by atoms with Gasteiger partial charge in [-0.05, 0) is 24.5 Å². The minimum Gasteiger partial charge on any atom is -0.335 e. The van der Waals surface area contributed by atoms with E-state index in [4.69, 9.17) is 0 Å². The van der Waals surface area contributed by atoms with Crippen LogP contribution in [0.4, 0.5) is 13.2 Å². The number of rotatable bonds is 4. The lowest BCUT2D eigenvalue weighted by Crippen LogP contribution is -2.35. The van der Waals surface area contributed by atoms with Gasteiger partial charge in [-0.2, -0.15) is 13.2 Å². The van der Waals surface area contributed by atoms with Crippen LogP contribution in [0.2, 0.25) is 0 Å². The fraction of sp³-hybridized carbons (Fsp3) is 0.467. The lowest BCUT2D eigenvalue weighted by molar-refractivity contribution is -0.141. The topological polar surface area (TPSA) is 68.1 Å². The number of aromatic nitrogens is 3. The molecule has 0 aliphatic carbocycles. The van der Waals surface area contributed by atoms with Crippen LogP contribution in [-0.2, 0) is 29.2 Å². The number of hydrogen-bond donors (Lipinski definition) is 0. The third-order valence-electron chi connectivity index (χ3n) is 4.28. The average Bonchev–Trinajstić information content (AvgIpc) is 3.01. The van der Waals surface area contributed by atoms with Crippen LogP contribution in [0.15, 0.2) is 35.6 Å². The summed E-state index contributed by atoms with van der Waals surface area (Å²) in [5.41, 5.74) is -1.12. The zero-order valence-electron chi connectivity index (χ0n) is 13.4. The number of sulfonamides is 1. The van der Waals surface area contributed by atoms with Gasteiger partial charge < -0.3 is 4.57 Å². The van der Waals surface area contributed by atoms with Crippen LogP contribution in [0, 0.1) is 5.92 Å². The number of hydrogen-bond acceptors (Lipinski definition) is 4. The molecule has 1 aliphatic rings. The van der Waals surface area contributed by atoms with Crippen LogP contribution in [0.3, 0.4) is 0 Å². The van der Waals surface area contributed by atoms with Crippen molar-refractivity contribution in [1.82, 2.24) is 18.8 Å². The van der Waals surface area contributed by atoms with Gasteiger partial charge in [-0.25, -0.2) is 17.7 Å². The number of nitrogens with zero attached hydrogens (tertiary/aromatic N) is 4. The third-order valence-corrected chi connectivity index (χ3v) is 6.09. The second-order valence-corrected chi connectivity index (χ2v) is 8.11. The van der Waals surface area contributed by atoms with E-state index >= 15 is 0 Å². The van der Waals surface area contributed by atoms with Gasteiger partial charge in [-0.1, -0.05) is 0 Å². The van der Waals surface area contributed by atoms with Gasteiger partial charge in [0.1, 0.15) is 16.4 Å². The quantitative estimate of drug-likeness (QED) is 0.823. The number of aryl methyl sites for hydroxylation is 1. The molecule has 1 aliphatic heterocycles. The summed E-state index contributed by atoms with van der Waals surface area (Å²) in [6.07, 6.45) is 1.31.